The zero-order valence-electron chi connectivity index (χ0n) is 17.1. The van der Waals surface area contributed by atoms with Crippen LogP contribution in [0.15, 0.2) is 42.5 Å². The van der Waals surface area contributed by atoms with Gasteiger partial charge in [-0.25, -0.2) is 8.78 Å². The normalized spacial score (nSPS) is 15.5. The Balaban J connectivity index is 1.76. The summed E-state index contributed by atoms with van der Waals surface area (Å²) in [5, 5.41) is 0. The maximum atomic E-state index is 14.0. The third kappa shape index (κ3) is 4.61. The standard InChI is InChI=1S/C23H25F2NO4/c1-3-30-22(28)23(15-16-4-7-18(29-2)8-5-16)10-12-26(13-11-23)21(27)19-9-6-17(24)14-20(19)25/h4-9,14H,3,10-13,15H2,1-2H3. The lowest BCUT2D eigenvalue weighted by Gasteiger charge is -2.40. The molecule has 7 heteroatoms. The molecular formula is C23H25F2NO4. The first-order valence-corrected chi connectivity index (χ1v) is 9.93. The first-order valence-electron chi connectivity index (χ1n) is 9.93. The van der Waals surface area contributed by atoms with Gasteiger partial charge in [-0.05, 0) is 56.0 Å². The molecule has 0 unspecified atom stereocenters. The van der Waals surface area contributed by atoms with Crippen LogP contribution in [-0.4, -0.2) is 43.6 Å². The maximum absolute atomic E-state index is 14.0. The predicted molar refractivity (Wildman–Crippen MR) is 107 cm³/mol. The lowest BCUT2D eigenvalue weighted by atomic mass is 9.73. The van der Waals surface area contributed by atoms with Crippen LogP contribution in [0.25, 0.3) is 0 Å². The summed E-state index contributed by atoms with van der Waals surface area (Å²) in [7, 11) is 1.59. The van der Waals surface area contributed by atoms with Crippen LogP contribution in [-0.2, 0) is 16.0 Å². The molecule has 1 heterocycles. The molecule has 5 nitrogen and oxygen atoms in total. The highest BCUT2D eigenvalue weighted by atomic mass is 19.1. The van der Waals surface area contributed by atoms with Gasteiger partial charge in [-0.1, -0.05) is 12.1 Å². The fraction of sp³-hybridized carbons (Fsp3) is 0.391. The van der Waals surface area contributed by atoms with Gasteiger partial charge in [0.25, 0.3) is 5.91 Å². The molecule has 0 aromatic heterocycles. The molecule has 2 aromatic carbocycles. The fourth-order valence-corrected chi connectivity index (χ4v) is 3.84. The van der Waals surface area contributed by atoms with E-state index in [0.29, 0.717) is 25.3 Å². The van der Waals surface area contributed by atoms with E-state index < -0.39 is 23.0 Å². The van der Waals surface area contributed by atoms with E-state index in [2.05, 4.69) is 0 Å². The molecule has 1 fully saturated rings. The van der Waals surface area contributed by atoms with Crippen LogP contribution in [0.3, 0.4) is 0 Å². The van der Waals surface area contributed by atoms with Crippen molar-refractivity contribution in [3.8, 4) is 5.75 Å². The topological polar surface area (TPSA) is 55.8 Å². The fourth-order valence-electron chi connectivity index (χ4n) is 3.84. The van der Waals surface area contributed by atoms with E-state index in [-0.39, 0.29) is 31.2 Å². The van der Waals surface area contributed by atoms with Crippen LogP contribution in [0.4, 0.5) is 8.78 Å². The Kier molecular flexibility index (Phi) is 6.70. The van der Waals surface area contributed by atoms with E-state index in [4.69, 9.17) is 9.47 Å². The molecule has 0 radical (unpaired) electrons. The Morgan fingerprint density at radius 2 is 1.73 bits per heavy atom. The Hall–Kier alpha value is -2.96. The van der Waals surface area contributed by atoms with Crippen LogP contribution in [0.5, 0.6) is 5.75 Å². The summed E-state index contributed by atoms with van der Waals surface area (Å²) in [5.41, 5.74) is 0.0336. The summed E-state index contributed by atoms with van der Waals surface area (Å²) in [6, 6.07) is 10.4. The summed E-state index contributed by atoms with van der Waals surface area (Å²) >= 11 is 0. The first-order chi connectivity index (χ1) is 14.4. The van der Waals surface area contributed by atoms with Crippen LogP contribution < -0.4 is 4.74 Å². The minimum atomic E-state index is -0.888. The number of ether oxygens (including phenoxy) is 2. The van der Waals surface area contributed by atoms with Gasteiger partial charge in [0.1, 0.15) is 17.4 Å². The molecule has 160 valence electrons. The predicted octanol–water partition coefficient (Wildman–Crippen LogP) is 4.00. The molecule has 3 rings (SSSR count). The van der Waals surface area contributed by atoms with Gasteiger partial charge in [0.15, 0.2) is 0 Å². The Bertz CT molecular complexity index is 906. The number of carbonyl (C=O) groups excluding carboxylic acids is 2. The number of nitrogens with zero attached hydrogens (tertiary/aromatic N) is 1. The first kappa shape index (κ1) is 21.7. The number of piperidine rings is 1. The van der Waals surface area contributed by atoms with Crippen LogP contribution >= 0.6 is 0 Å². The van der Waals surface area contributed by atoms with Gasteiger partial charge in [-0.2, -0.15) is 0 Å². The number of carbonyl (C=O) groups is 2. The van der Waals surface area contributed by atoms with E-state index >= 15 is 0 Å². The zero-order valence-corrected chi connectivity index (χ0v) is 17.1. The molecule has 30 heavy (non-hydrogen) atoms. The molecule has 0 saturated carbocycles. The molecule has 0 spiro atoms. The van der Waals surface area contributed by atoms with Crippen molar-refractivity contribution in [2.24, 2.45) is 5.41 Å². The molecule has 0 aliphatic carbocycles. The number of amides is 1. The lowest BCUT2D eigenvalue weighted by molar-refractivity contribution is -0.158. The summed E-state index contributed by atoms with van der Waals surface area (Å²) in [6.07, 6.45) is 1.27. The zero-order chi connectivity index (χ0) is 21.7. The molecule has 1 amide bonds. The van der Waals surface area contributed by atoms with Gasteiger partial charge < -0.3 is 14.4 Å². The average Bonchev–Trinajstić information content (AvgIpc) is 2.74. The van der Waals surface area contributed by atoms with E-state index in [1.54, 1.807) is 14.0 Å². The summed E-state index contributed by atoms with van der Waals surface area (Å²) in [4.78, 5) is 27.0. The largest absolute Gasteiger partial charge is 0.497 e. The van der Waals surface area contributed by atoms with Crippen molar-refractivity contribution in [1.82, 2.24) is 4.90 Å². The van der Waals surface area contributed by atoms with Gasteiger partial charge in [-0.3, -0.25) is 9.59 Å². The maximum Gasteiger partial charge on any atom is 0.312 e. The monoisotopic (exact) mass is 417 g/mol. The van der Waals surface area contributed by atoms with Gasteiger partial charge in [0.2, 0.25) is 0 Å². The highest BCUT2D eigenvalue weighted by molar-refractivity contribution is 5.94. The van der Waals surface area contributed by atoms with Crippen LogP contribution in [0.1, 0.15) is 35.7 Å². The number of rotatable bonds is 6. The van der Waals surface area contributed by atoms with Gasteiger partial charge >= 0.3 is 5.97 Å². The quantitative estimate of drug-likeness (QED) is 0.667. The van der Waals surface area contributed by atoms with Crippen LogP contribution in [0, 0.1) is 17.0 Å². The highest BCUT2D eigenvalue weighted by Gasteiger charge is 2.43. The number of halogens is 2. The van der Waals surface area contributed by atoms with Crippen molar-refractivity contribution in [3.05, 3.63) is 65.2 Å². The number of hydrogen-bond donors (Lipinski definition) is 0. The highest BCUT2D eigenvalue weighted by Crippen LogP contribution is 2.37. The number of esters is 1. The van der Waals surface area contributed by atoms with Crippen molar-refractivity contribution >= 4 is 11.9 Å². The molecular weight excluding hydrogens is 392 g/mol. The van der Waals surface area contributed by atoms with Gasteiger partial charge in [-0.15, -0.1) is 0 Å². The second-order valence-electron chi connectivity index (χ2n) is 7.44. The molecule has 0 atom stereocenters. The SMILES string of the molecule is CCOC(=O)C1(Cc2ccc(OC)cc2)CCN(C(=O)c2ccc(F)cc2F)CC1. The number of likely N-dealkylation sites (tertiary alicyclic amines) is 1. The molecule has 0 bridgehead atoms. The van der Waals surface area contributed by atoms with E-state index in [9.17, 15) is 18.4 Å². The van der Waals surface area contributed by atoms with Crippen molar-refractivity contribution in [2.75, 3.05) is 26.8 Å². The molecule has 0 N–H and O–H groups in total. The summed E-state index contributed by atoms with van der Waals surface area (Å²) in [5.74, 6) is -1.69. The van der Waals surface area contributed by atoms with Gasteiger partial charge in [0, 0.05) is 19.2 Å². The third-order valence-corrected chi connectivity index (χ3v) is 5.58. The van der Waals surface area contributed by atoms with Gasteiger partial charge in [0.05, 0.1) is 24.7 Å². The second kappa shape index (κ2) is 9.24. The third-order valence-electron chi connectivity index (χ3n) is 5.58. The minimum Gasteiger partial charge on any atom is -0.497 e. The molecule has 1 aliphatic rings. The van der Waals surface area contributed by atoms with Crippen molar-refractivity contribution < 1.29 is 27.8 Å². The average molecular weight is 417 g/mol. The second-order valence-corrected chi connectivity index (χ2v) is 7.44. The van der Waals surface area contributed by atoms with E-state index in [1.165, 1.54) is 4.90 Å². The molecule has 1 saturated heterocycles. The Labute approximate surface area is 174 Å². The summed E-state index contributed by atoms with van der Waals surface area (Å²) < 4.78 is 37.7. The number of benzene rings is 2. The summed E-state index contributed by atoms with van der Waals surface area (Å²) in [6.45, 7) is 2.59. The Morgan fingerprint density at radius 3 is 2.30 bits per heavy atom. The molecule has 1 aliphatic heterocycles. The minimum absolute atomic E-state index is 0.171. The smallest absolute Gasteiger partial charge is 0.312 e. The molecule has 2 aromatic rings. The van der Waals surface area contributed by atoms with Crippen molar-refractivity contribution in [2.45, 2.75) is 26.2 Å². The van der Waals surface area contributed by atoms with Crippen molar-refractivity contribution in [1.29, 1.82) is 0 Å². The lowest BCUT2D eigenvalue weighted by Crippen LogP contribution is -2.48. The van der Waals surface area contributed by atoms with Crippen molar-refractivity contribution in [3.63, 3.8) is 0 Å². The Morgan fingerprint density at radius 1 is 1.07 bits per heavy atom. The van der Waals surface area contributed by atoms with Crippen LogP contribution in [0.2, 0.25) is 0 Å². The van der Waals surface area contributed by atoms with E-state index in [1.807, 2.05) is 24.3 Å². The number of methoxy groups -OCH3 is 1. The number of hydrogen-bond acceptors (Lipinski definition) is 4. The van der Waals surface area contributed by atoms with E-state index in [0.717, 1.165) is 23.4 Å².